The zero-order chi connectivity index (χ0) is 20.9. The van der Waals surface area contributed by atoms with E-state index in [1.807, 2.05) is 0 Å². The van der Waals surface area contributed by atoms with Crippen molar-refractivity contribution in [1.29, 1.82) is 0 Å². The fourth-order valence-electron chi connectivity index (χ4n) is 2.43. The maximum Gasteiger partial charge on any atom is 0.337 e. The minimum atomic E-state index is -3.76. The summed E-state index contributed by atoms with van der Waals surface area (Å²) in [6.07, 6.45) is 0.977. The Bertz CT molecular complexity index is 999. The first-order chi connectivity index (χ1) is 13.1. The molecule has 0 saturated heterocycles. The van der Waals surface area contributed by atoms with Crippen molar-refractivity contribution in [2.75, 3.05) is 29.5 Å². The lowest BCUT2D eigenvalue weighted by Crippen LogP contribution is -2.37. The molecule has 0 fully saturated rings. The van der Waals surface area contributed by atoms with Gasteiger partial charge < -0.3 is 10.1 Å². The Kier molecular flexibility index (Phi) is 6.53. The van der Waals surface area contributed by atoms with Gasteiger partial charge >= 0.3 is 5.97 Å². The number of sulfonamides is 1. The summed E-state index contributed by atoms with van der Waals surface area (Å²) in [5.74, 6) is -1.29. The van der Waals surface area contributed by atoms with Crippen molar-refractivity contribution in [3.8, 4) is 0 Å². The molecule has 0 aliphatic heterocycles. The Labute approximate surface area is 163 Å². The maximum atomic E-state index is 12.4. The second kappa shape index (κ2) is 8.66. The van der Waals surface area contributed by atoms with Crippen molar-refractivity contribution in [2.24, 2.45) is 0 Å². The lowest BCUT2D eigenvalue weighted by Gasteiger charge is -2.22. The Balaban J connectivity index is 2.21. The highest BCUT2D eigenvalue weighted by Gasteiger charge is 2.21. The van der Waals surface area contributed by atoms with Gasteiger partial charge in [0.2, 0.25) is 15.9 Å². The van der Waals surface area contributed by atoms with E-state index in [9.17, 15) is 22.8 Å². The lowest BCUT2D eigenvalue weighted by molar-refractivity contribution is -0.114. The van der Waals surface area contributed by atoms with E-state index in [-0.39, 0.29) is 17.0 Å². The Morgan fingerprint density at radius 1 is 1.04 bits per heavy atom. The van der Waals surface area contributed by atoms with Crippen LogP contribution in [0.4, 0.5) is 11.4 Å². The summed E-state index contributed by atoms with van der Waals surface area (Å²) in [6, 6.07) is 12.0. The van der Waals surface area contributed by atoms with Crippen LogP contribution >= 0.6 is 0 Å². The summed E-state index contributed by atoms with van der Waals surface area (Å²) in [7, 11) is -2.52. The van der Waals surface area contributed by atoms with E-state index in [2.05, 4.69) is 10.1 Å². The number of esters is 1. The number of ether oxygens (including phenoxy) is 1. The van der Waals surface area contributed by atoms with Crippen LogP contribution < -0.4 is 9.62 Å². The molecule has 0 unspecified atom stereocenters. The molecular weight excluding hydrogens is 384 g/mol. The molecule has 0 spiro atoms. The van der Waals surface area contributed by atoms with Gasteiger partial charge in [0.15, 0.2) is 5.78 Å². The van der Waals surface area contributed by atoms with Gasteiger partial charge in [-0.1, -0.05) is 12.1 Å². The number of hydrogen-bond acceptors (Lipinski definition) is 6. The summed E-state index contributed by atoms with van der Waals surface area (Å²) in [5, 5.41) is 2.58. The van der Waals surface area contributed by atoms with Gasteiger partial charge in [-0.25, -0.2) is 13.2 Å². The average Bonchev–Trinajstić information content (AvgIpc) is 2.65. The van der Waals surface area contributed by atoms with E-state index < -0.39 is 28.4 Å². The van der Waals surface area contributed by atoms with E-state index in [0.29, 0.717) is 11.3 Å². The van der Waals surface area contributed by atoms with Crippen molar-refractivity contribution < 1.29 is 27.5 Å². The number of methoxy groups -OCH3 is 1. The summed E-state index contributed by atoms with van der Waals surface area (Å²) in [6.45, 7) is 0.936. The van der Waals surface area contributed by atoms with Crippen LogP contribution in [-0.2, 0) is 19.6 Å². The fourth-order valence-corrected chi connectivity index (χ4v) is 3.28. The van der Waals surface area contributed by atoms with Crippen molar-refractivity contribution in [1.82, 2.24) is 0 Å². The number of amides is 1. The number of hydrogen-bond donors (Lipinski definition) is 1. The largest absolute Gasteiger partial charge is 0.465 e. The quantitative estimate of drug-likeness (QED) is 0.559. The number of carbonyl (C=O) groups excluding carboxylic acids is 3. The number of rotatable bonds is 7. The number of anilines is 2. The molecule has 0 aliphatic carbocycles. The van der Waals surface area contributed by atoms with Gasteiger partial charge in [-0.05, 0) is 43.3 Å². The molecule has 0 aromatic heterocycles. The van der Waals surface area contributed by atoms with Gasteiger partial charge in [0, 0.05) is 11.3 Å². The molecule has 2 rings (SSSR count). The van der Waals surface area contributed by atoms with E-state index in [0.717, 1.165) is 10.6 Å². The molecule has 0 atom stereocenters. The number of nitrogens with one attached hydrogen (secondary N) is 1. The minimum absolute atomic E-state index is 0.153. The van der Waals surface area contributed by atoms with Crippen LogP contribution in [0.2, 0.25) is 0 Å². The smallest absolute Gasteiger partial charge is 0.337 e. The number of carbonyl (C=O) groups is 3. The number of benzene rings is 2. The fraction of sp³-hybridized carbons (Fsp3) is 0.211. The molecular formula is C19H20N2O6S. The Morgan fingerprint density at radius 2 is 1.68 bits per heavy atom. The van der Waals surface area contributed by atoms with Crippen molar-refractivity contribution in [3.05, 3.63) is 59.7 Å². The number of ketones is 1. The van der Waals surface area contributed by atoms with Gasteiger partial charge in [-0.3, -0.25) is 13.9 Å². The number of Topliss-reactive ketones (excluding diaryl/α,β-unsaturated/α-hetero) is 1. The van der Waals surface area contributed by atoms with Crippen LogP contribution in [0.1, 0.15) is 27.6 Å². The molecule has 9 heteroatoms. The molecule has 1 N–H and O–H groups in total. The zero-order valence-corrected chi connectivity index (χ0v) is 16.4. The van der Waals surface area contributed by atoms with Crippen LogP contribution in [0, 0.1) is 0 Å². The third kappa shape index (κ3) is 5.40. The monoisotopic (exact) mass is 404 g/mol. The Hall–Kier alpha value is -3.20. The van der Waals surface area contributed by atoms with E-state index in [1.165, 1.54) is 44.4 Å². The first-order valence-electron chi connectivity index (χ1n) is 8.19. The molecule has 148 valence electrons. The topological polar surface area (TPSA) is 110 Å². The van der Waals surface area contributed by atoms with Crippen molar-refractivity contribution >= 4 is 39.1 Å². The van der Waals surface area contributed by atoms with E-state index >= 15 is 0 Å². The second-order valence-electron chi connectivity index (χ2n) is 5.99. The standard InChI is InChI=1S/C19H20N2O6S/c1-13(22)15-5-4-6-16(11-15)20-18(23)12-21(28(3,25)26)17-9-7-14(8-10-17)19(24)27-2/h4-11H,12H2,1-3H3,(H,20,23). The first kappa shape index (κ1) is 21.1. The maximum absolute atomic E-state index is 12.4. The lowest BCUT2D eigenvalue weighted by atomic mass is 10.1. The van der Waals surface area contributed by atoms with Gasteiger partial charge in [0.05, 0.1) is 24.6 Å². The predicted octanol–water partition coefficient (Wildman–Crippen LogP) is 2.08. The average molecular weight is 404 g/mol. The second-order valence-corrected chi connectivity index (χ2v) is 7.90. The predicted molar refractivity (Wildman–Crippen MR) is 105 cm³/mol. The third-order valence-electron chi connectivity index (χ3n) is 3.82. The summed E-state index contributed by atoms with van der Waals surface area (Å²) >= 11 is 0. The SMILES string of the molecule is COC(=O)c1ccc(N(CC(=O)Nc2cccc(C(C)=O)c2)S(C)(=O)=O)cc1. The third-order valence-corrected chi connectivity index (χ3v) is 4.96. The zero-order valence-electron chi connectivity index (χ0n) is 15.6. The number of nitrogens with zero attached hydrogens (tertiary/aromatic N) is 1. The molecule has 28 heavy (non-hydrogen) atoms. The molecule has 0 bridgehead atoms. The molecule has 8 nitrogen and oxygen atoms in total. The van der Waals surface area contributed by atoms with Crippen LogP contribution in [0.25, 0.3) is 0 Å². The van der Waals surface area contributed by atoms with E-state index in [1.54, 1.807) is 18.2 Å². The van der Waals surface area contributed by atoms with Gasteiger partial charge in [0.25, 0.3) is 0 Å². The van der Waals surface area contributed by atoms with Crippen LogP contribution in [0.5, 0.6) is 0 Å². The van der Waals surface area contributed by atoms with Gasteiger partial charge in [0.1, 0.15) is 6.54 Å². The van der Waals surface area contributed by atoms with Gasteiger partial charge in [-0.2, -0.15) is 0 Å². The van der Waals surface area contributed by atoms with Gasteiger partial charge in [-0.15, -0.1) is 0 Å². The van der Waals surface area contributed by atoms with Crippen LogP contribution in [-0.4, -0.2) is 46.0 Å². The molecule has 0 saturated carbocycles. The highest BCUT2D eigenvalue weighted by molar-refractivity contribution is 7.92. The molecule has 1 amide bonds. The summed E-state index contributed by atoms with van der Waals surface area (Å²) in [5.41, 5.74) is 1.29. The van der Waals surface area contributed by atoms with Crippen LogP contribution in [0.15, 0.2) is 48.5 Å². The van der Waals surface area contributed by atoms with Crippen LogP contribution in [0.3, 0.4) is 0 Å². The summed E-state index contributed by atoms with van der Waals surface area (Å²) in [4.78, 5) is 35.3. The Morgan fingerprint density at radius 3 is 2.21 bits per heavy atom. The molecule has 2 aromatic carbocycles. The summed E-state index contributed by atoms with van der Waals surface area (Å²) < 4.78 is 29.8. The highest BCUT2D eigenvalue weighted by Crippen LogP contribution is 2.19. The highest BCUT2D eigenvalue weighted by atomic mass is 32.2. The normalized spacial score (nSPS) is 10.8. The minimum Gasteiger partial charge on any atom is -0.465 e. The van der Waals surface area contributed by atoms with E-state index in [4.69, 9.17) is 0 Å². The molecule has 0 radical (unpaired) electrons. The molecule has 0 heterocycles. The van der Waals surface area contributed by atoms with Crippen molar-refractivity contribution in [3.63, 3.8) is 0 Å². The van der Waals surface area contributed by atoms with Crippen molar-refractivity contribution in [2.45, 2.75) is 6.92 Å². The first-order valence-corrected chi connectivity index (χ1v) is 10.0. The molecule has 0 aliphatic rings. The molecule has 2 aromatic rings.